The molecule has 0 heterocycles. The number of rotatable bonds is 7. The van der Waals surface area contributed by atoms with Crippen molar-refractivity contribution in [2.24, 2.45) is 0 Å². The molecule has 0 aromatic heterocycles. The van der Waals surface area contributed by atoms with Crippen LogP contribution in [0.1, 0.15) is 18.1 Å². The summed E-state index contributed by atoms with van der Waals surface area (Å²) in [5.41, 5.74) is -3.12. The lowest BCUT2D eigenvalue weighted by Crippen LogP contribution is -2.33. The largest absolute Gasteiger partial charge is 0.466 e. The Morgan fingerprint density at radius 1 is 1.06 bits per heavy atom. The Kier molecular flexibility index (Phi) is 6.61. The van der Waals surface area contributed by atoms with Gasteiger partial charge in [0, 0.05) is 17.0 Å². The van der Waals surface area contributed by atoms with Crippen LogP contribution in [0.3, 0.4) is 0 Å². The molecule has 3 aromatic rings. The number of benzene rings is 3. The van der Waals surface area contributed by atoms with E-state index in [2.05, 4.69) is 4.74 Å². The van der Waals surface area contributed by atoms with Gasteiger partial charge in [0.2, 0.25) is 0 Å². The van der Waals surface area contributed by atoms with Crippen molar-refractivity contribution in [1.82, 2.24) is 0 Å². The van der Waals surface area contributed by atoms with Gasteiger partial charge in [-0.3, -0.25) is 19.7 Å². The fourth-order valence-corrected chi connectivity index (χ4v) is 3.26. The third-order valence-corrected chi connectivity index (χ3v) is 4.78. The van der Waals surface area contributed by atoms with Gasteiger partial charge in [-0.1, -0.05) is 24.3 Å². The summed E-state index contributed by atoms with van der Waals surface area (Å²) in [5, 5.41) is 12.5. The van der Waals surface area contributed by atoms with Gasteiger partial charge in [-0.25, -0.2) is 8.78 Å². The lowest BCUT2D eigenvalue weighted by Gasteiger charge is -2.19. The number of halogens is 4. The quantitative estimate of drug-likeness (QED) is 0.233. The summed E-state index contributed by atoms with van der Waals surface area (Å²) in [5.74, 6) is -9.34. The zero-order chi connectivity index (χ0) is 24.3. The van der Waals surface area contributed by atoms with E-state index in [0.29, 0.717) is 0 Å². The van der Waals surface area contributed by atoms with Gasteiger partial charge in [0.1, 0.15) is 5.82 Å². The topological polar surface area (TPSA) is 98.5 Å². The molecule has 3 aromatic carbocycles. The number of amides is 1. The zero-order valence-electron chi connectivity index (χ0n) is 17.0. The van der Waals surface area contributed by atoms with Crippen molar-refractivity contribution in [2.75, 3.05) is 11.9 Å². The molecular weight excluding hydrogens is 448 g/mol. The highest BCUT2D eigenvalue weighted by Gasteiger charge is 2.43. The van der Waals surface area contributed by atoms with E-state index in [1.54, 1.807) is 5.32 Å². The second-order valence-corrected chi connectivity index (χ2v) is 6.83. The Morgan fingerprint density at radius 2 is 1.73 bits per heavy atom. The number of fused-ring (bicyclic) bond motifs is 1. The van der Waals surface area contributed by atoms with Crippen LogP contribution in [0.15, 0.2) is 48.5 Å². The van der Waals surface area contributed by atoms with Crippen molar-refractivity contribution in [1.29, 1.82) is 0 Å². The number of carbonyl (C=O) groups is 2. The van der Waals surface area contributed by atoms with E-state index in [9.17, 15) is 28.5 Å². The predicted molar refractivity (Wildman–Crippen MR) is 110 cm³/mol. The van der Waals surface area contributed by atoms with E-state index >= 15 is 8.78 Å². The van der Waals surface area contributed by atoms with Gasteiger partial charge in [0.15, 0.2) is 5.82 Å². The van der Waals surface area contributed by atoms with E-state index in [0.717, 1.165) is 24.3 Å². The maximum absolute atomic E-state index is 15.0. The van der Waals surface area contributed by atoms with Crippen LogP contribution < -0.4 is 5.32 Å². The molecule has 1 amide bonds. The van der Waals surface area contributed by atoms with E-state index in [4.69, 9.17) is 0 Å². The Morgan fingerprint density at radius 3 is 2.36 bits per heavy atom. The minimum absolute atomic E-state index is 0.0669. The van der Waals surface area contributed by atoms with Crippen LogP contribution >= 0.6 is 0 Å². The summed E-state index contributed by atoms with van der Waals surface area (Å²) in [7, 11) is 0. The Labute approximate surface area is 184 Å². The number of nitro benzene ring substituents is 1. The number of nitro groups is 1. The number of nitrogens with zero attached hydrogens (tertiary/aromatic N) is 1. The molecule has 0 spiro atoms. The molecule has 0 aliphatic carbocycles. The summed E-state index contributed by atoms with van der Waals surface area (Å²) in [6, 6.07) is 8.33. The zero-order valence-corrected chi connectivity index (χ0v) is 17.0. The predicted octanol–water partition coefficient (Wildman–Crippen LogP) is 4.86. The van der Waals surface area contributed by atoms with Crippen LogP contribution in [-0.2, 0) is 26.7 Å². The van der Waals surface area contributed by atoms with Crippen molar-refractivity contribution < 1.29 is 36.8 Å². The summed E-state index contributed by atoms with van der Waals surface area (Å²) in [6.45, 7) is 1.41. The van der Waals surface area contributed by atoms with Crippen molar-refractivity contribution in [3.05, 3.63) is 81.4 Å². The van der Waals surface area contributed by atoms with Gasteiger partial charge in [-0.05, 0) is 30.5 Å². The number of hydrogen-bond acceptors (Lipinski definition) is 5. The summed E-state index contributed by atoms with van der Waals surface area (Å²) < 4.78 is 63.6. The second kappa shape index (κ2) is 9.23. The molecule has 0 aliphatic heterocycles. The fraction of sp³-hybridized carbons (Fsp3) is 0.182. The molecule has 0 radical (unpaired) electrons. The van der Waals surface area contributed by atoms with Gasteiger partial charge >= 0.3 is 11.9 Å². The number of nitrogens with one attached hydrogen (secondary N) is 1. The number of alkyl halides is 2. The number of esters is 1. The van der Waals surface area contributed by atoms with Gasteiger partial charge in [0.25, 0.3) is 11.6 Å². The first-order valence-corrected chi connectivity index (χ1v) is 9.56. The Hall–Kier alpha value is -4.02. The molecule has 0 aliphatic rings. The third kappa shape index (κ3) is 4.61. The van der Waals surface area contributed by atoms with Gasteiger partial charge in [-0.2, -0.15) is 8.78 Å². The molecule has 172 valence electrons. The number of anilines is 1. The monoisotopic (exact) mass is 464 g/mol. The van der Waals surface area contributed by atoms with Gasteiger partial charge < -0.3 is 10.1 Å². The van der Waals surface area contributed by atoms with E-state index < -0.39 is 63.3 Å². The highest BCUT2D eigenvalue weighted by atomic mass is 19.3. The van der Waals surface area contributed by atoms with Crippen LogP contribution in [0.25, 0.3) is 10.8 Å². The highest BCUT2D eigenvalue weighted by Crippen LogP contribution is 2.36. The van der Waals surface area contributed by atoms with E-state index in [1.165, 1.54) is 31.2 Å². The minimum atomic E-state index is -4.22. The molecule has 0 unspecified atom stereocenters. The number of hydrogen-bond donors (Lipinski definition) is 1. The normalized spacial score (nSPS) is 11.3. The van der Waals surface area contributed by atoms with Gasteiger partial charge in [-0.15, -0.1) is 0 Å². The number of carbonyl (C=O) groups excluding carboxylic acids is 2. The first kappa shape index (κ1) is 23.6. The van der Waals surface area contributed by atoms with Crippen LogP contribution in [0.2, 0.25) is 0 Å². The summed E-state index contributed by atoms with van der Waals surface area (Å²) in [6.07, 6.45) is -0.849. The van der Waals surface area contributed by atoms with Crippen LogP contribution in [0.4, 0.5) is 28.9 Å². The average molecular weight is 464 g/mol. The van der Waals surface area contributed by atoms with Crippen molar-refractivity contribution >= 4 is 34.0 Å². The first-order chi connectivity index (χ1) is 15.6. The van der Waals surface area contributed by atoms with E-state index in [-0.39, 0.29) is 17.4 Å². The number of ether oxygens (including phenoxy) is 1. The van der Waals surface area contributed by atoms with Crippen LogP contribution in [0, 0.1) is 21.7 Å². The van der Waals surface area contributed by atoms with Crippen LogP contribution in [-0.4, -0.2) is 23.4 Å². The standard InChI is InChI=1S/C22H16F4N2O5/c1-2-33-19(29)11-14-18(28(31)32)10-9-17(20(14)24)27-21(30)22(25,26)15-7-8-16(23)13-6-4-3-5-12(13)15/h3-10H,2,11H2,1H3,(H,27,30). The molecule has 33 heavy (non-hydrogen) atoms. The molecule has 0 bridgehead atoms. The Bertz CT molecular complexity index is 1260. The second-order valence-electron chi connectivity index (χ2n) is 6.83. The molecule has 1 N–H and O–H groups in total. The smallest absolute Gasteiger partial charge is 0.350 e. The fourth-order valence-electron chi connectivity index (χ4n) is 3.26. The highest BCUT2D eigenvalue weighted by molar-refractivity contribution is 6.00. The molecule has 0 fully saturated rings. The first-order valence-electron chi connectivity index (χ1n) is 9.56. The molecule has 0 saturated carbocycles. The van der Waals surface area contributed by atoms with E-state index in [1.807, 2.05) is 0 Å². The lowest BCUT2D eigenvalue weighted by molar-refractivity contribution is -0.385. The maximum atomic E-state index is 15.0. The van der Waals surface area contributed by atoms with Crippen molar-refractivity contribution in [3.8, 4) is 0 Å². The third-order valence-electron chi connectivity index (χ3n) is 4.78. The average Bonchev–Trinajstić information content (AvgIpc) is 2.76. The SMILES string of the molecule is CCOC(=O)Cc1c([N+](=O)[O-])ccc(NC(=O)C(F)(F)c2ccc(F)c3ccccc23)c1F. The molecule has 0 atom stereocenters. The minimum Gasteiger partial charge on any atom is -0.466 e. The molecular formula is C22H16F4N2O5. The maximum Gasteiger partial charge on any atom is 0.350 e. The lowest BCUT2D eigenvalue weighted by atomic mass is 9.98. The van der Waals surface area contributed by atoms with Crippen molar-refractivity contribution in [2.45, 2.75) is 19.3 Å². The molecule has 7 nitrogen and oxygen atoms in total. The Balaban J connectivity index is 1.99. The van der Waals surface area contributed by atoms with Gasteiger partial charge in [0.05, 0.1) is 29.2 Å². The molecule has 11 heteroatoms. The van der Waals surface area contributed by atoms with Crippen molar-refractivity contribution in [3.63, 3.8) is 0 Å². The molecule has 0 saturated heterocycles. The summed E-state index contributed by atoms with van der Waals surface area (Å²) in [4.78, 5) is 34.4. The van der Waals surface area contributed by atoms with Crippen LogP contribution in [0.5, 0.6) is 0 Å². The summed E-state index contributed by atoms with van der Waals surface area (Å²) >= 11 is 0. The molecule has 3 rings (SSSR count).